The molecule has 29 heavy (non-hydrogen) atoms. The average molecular weight is 392 g/mol. The van der Waals surface area contributed by atoms with E-state index in [4.69, 9.17) is 9.47 Å². The van der Waals surface area contributed by atoms with Gasteiger partial charge >= 0.3 is 5.56 Å². The Bertz CT molecular complexity index is 1230. The normalized spacial score (nSPS) is 16.2. The molecule has 0 bridgehead atoms. The molecule has 0 amide bonds. The maximum Gasteiger partial charge on any atom is 0.302 e. The van der Waals surface area contributed by atoms with Crippen molar-refractivity contribution >= 4 is 27.3 Å². The summed E-state index contributed by atoms with van der Waals surface area (Å²) in [6.07, 6.45) is 1.76. The van der Waals surface area contributed by atoms with Gasteiger partial charge in [-0.15, -0.1) is 0 Å². The smallest absolute Gasteiger partial charge is 0.302 e. The topological polar surface area (TPSA) is 59.3 Å². The lowest BCUT2D eigenvalue weighted by Gasteiger charge is -2.32. The van der Waals surface area contributed by atoms with Gasteiger partial charge in [-0.25, -0.2) is 0 Å². The summed E-state index contributed by atoms with van der Waals surface area (Å²) in [4.78, 5) is 22.6. The van der Waals surface area contributed by atoms with E-state index in [-0.39, 0.29) is 11.3 Å². The first-order valence-corrected chi connectivity index (χ1v) is 9.94. The lowest BCUT2D eigenvalue weighted by atomic mass is 10.2. The van der Waals surface area contributed by atoms with Gasteiger partial charge in [0.2, 0.25) is 5.75 Å². The summed E-state index contributed by atoms with van der Waals surface area (Å²) in [5.41, 5.74) is 2.08. The maximum atomic E-state index is 13.4. The van der Waals surface area contributed by atoms with Gasteiger partial charge in [0.05, 0.1) is 18.1 Å². The third-order valence-corrected chi connectivity index (χ3v) is 5.86. The minimum Gasteiger partial charge on any atom is -0.491 e. The predicted molar refractivity (Wildman–Crippen MR) is 114 cm³/mol. The van der Waals surface area contributed by atoms with Crippen molar-refractivity contribution in [2.45, 2.75) is 0 Å². The number of piperazine rings is 1. The van der Waals surface area contributed by atoms with Gasteiger partial charge in [0, 0.05) is 49.7 Å². The third-order valence-electron chi connectivity index (χ3n) is 5.86. The van der Waals surface area contributed by atoms with Crippen LogP contribution in [-0.2, 0) is 0 Å². The quantitative estimate of drug-likeness (QED) is 0.518. The molecule has 0 aliphatic carbocycles. The highest BCUT2D eigenvalue weighted by Gasteiger charge is 2.23. The van der Waals surface area contributed by atoms with Crippen molar-refractivity contribution < 1.29 is 9.47 Å². The summed E-state index contributed by atoms with van der Waals surface area (Å²) in [5, 5.41) is 2.01. The van der Waals surface area contributed by atoms with E-state index in [2.05, 4.69) is 21.8 Å². The molecule has 0 saturated carbocycles. The van der Waals surface area contributed by atoms with Gasteiger partial charge in [-0.3, -0.25) is 19.1 Å². The highest BCUT2D eigenvalue weighted by atomic mass is 16.5. The van der Waals surface area contributed by atoms with Crippen molar-refractivity contribution in [1.82, 2.24) is 19.2 Å². The molecular weight excluding hydrogens is 368 g/mol. The molecule has 1 fully saturated rings. The summed E-state index contributed by atoms with van der Waals surface area (Å²) in [6, 6.07) is 9.84. The molecule has 1 saturated heterocycles. The van der Waals surface area contributed by atoms with E-state index in [1.54, 1.807) is 17.7 Å². The Morgan fingerprint density at radius 3 is 2.62 bits per heavy atom. The van der Waals surface area contributed by atoms with Crippen molar-refractivity contribution in [2.75, 3.05) is 53.5 Å². The van der Waals surface area contributed by atoms with E-state index < -0.39 is 0 Å². The second-order valence-electron chi connectivity index (χ2n) is 7.57. The lowest BCUT2D eigenvalue weighted by Crippen LogP contribution is -2.45. The van der Waals surface area contributed by atoms with Crippen molar-refractivity contribution in [2.24, 2.45) is 0 Å². The van der Waals surface area contributed by atoms with Gasteiger partial charge in [0.1, 0.15) is 12.1 Å². The lowest BCUT2D eigenvalue weighted by molar-refractivity contribution is 0.132. The Balaban J connectivity index is 1.57. The monoisotopic (exact) mass is 392 g/mol. The average Bonchev–Trinajstić information content (AvgIpc) is 3.09. The highest BCUT2D eigenvalue weighted by molar-refractivity contribution is 6.14. The van der Waals surface area contributed by atoms with Gasteiger partial charge in [0.15, 0.2) is 5.75 Å². The molecule has 4 heterocycles. The molecule has 0 N–H and O–H groups in total. The fourth-order valence-electron chi connectivity index (χ4n) is 4.26. The fourth-order valence-corrected chi connectivity index (χ4v) is 4.26. The minimum absolute atomic E-state index is 0.202. The Morgan fingerprint density at radius 1 is 1.03 bits per heavy atom. The van der Waals surface area contributed by atoms with E-state index in [1.807, 2.05) is 30.3 Å². The molecule has 4 aromatic rings. The standard InChI is InChI=1S/C22H24N4O3/c1-24-9-11-25(12-10-24)13-14-29-21-20(28-2)18-19-16(7-8-23-18)15-5-3-4-6-17(15)26(19)22(21)27/h3-8H,9-14H2,1-2H3. The van der Waals surface area contributed by atoms with Crippen LogP contribution in [0.3, 0.4) is 0 Å². The number of methoxy groups -OCH3 is 1. The third kappa shape index (κ3) is 2.89. The van der Waals surface area contributed by atoms with Gasteiger partial charge in [-0.1, -0.05) is 18.2 Å². The first-order chi connectivity index (χ1) is 14.2. The molecule has 150 valence electrons. The van der Waals surface area contributed by atoms with Crippen LogP contribution in [0.15, 0.2) is 41.3 Å². The SMILES string of the molecule is COc1c(OCCN2CCN(C)CC2)c(=O)n2c3ccccc3c3ccnc1c32. The van der Waals surface area contributed by atoms with Crippen LogP contribution in [0, 0.1) is 0 Å². The molecule has 1 aliphatic heterocycles. The summed E-state index contributed by atoms with van der Waals surface area (Å²) in [7, 11) is 3.70. The molecule has 0 radical (unpaired) electrons. The summed E-state index contributed by atoms with van der Waals surface area (Å²) < 4.78 is 13.3. The molecule has 5 rings (SSSR count). The number of nitrogens with zero attached hydrogens (tertiary/aromatic N) is 4. The zero-order valence-corrected chi connectivity index (χ0v) is 16.7. The van der Waals surface area contributed by atoms with Crippen LogP contribution in [0.5, 0.6) is 11.5 Å². The van der Waals surface area contributed by atoms with Gasteiger partial charge in [0.25, 0.3) is 0 Å². The van der Waals surface area contributed by atoms with Crippen molar-refractivity contribution in [3.63, 3.8) is 0 Å². The van der Waals surface area contributed by atoms with E-state index in [9.17, 15) is 4.79 Å². The van der Waals surface area contributed by atoms with Gasteiger partial charge in [-0.2, -0.15) is 0 Å². The summed E-state index contributed by atoms with van der Waals surface area (Å²) in [5.74, 6) is 0.643. The molecule has 7 heteroatoms. The van der Waals surface area contributed by atoms with Crippen LogP contribution < -0.4 is 15.0 Å². The fraction of sp³-hybridized carbons (Fsp3) is 0.364. The first-order valence-electron chi connectivity index (χ1n) is 9.94. The van der Waals surface area contributed by atoms with Crippen LogP contribution in [0.2, 0.25) is 0 Å². The number of likely N-dealkylation sites (N-methyl/N-ethyl adjacent to an activating group) is 1. The molecule has 1 aliphatic rings. The number of benzene rings is 1. The van der Waals surface area contributed by atoms with Crippen LogP contribution >= 0.6 is 0 Å². The molecule has 0 spiro atoms. The van der Waals surface area contributed by atoms with Crippen LogP contribution in [0.25, 0.3) is 27.3 Å². The Morgan fingerprint density at radius 2 is 1.83 bits per heavy atom. The second-order valence-corrected chi connectivity index (χ2v) is 7.57. The van der Waals surface area contributed by atoms with Gasteiger partial charge in [-0.05, 0) is 19.2 Å². The molecule has 0 unspecified atom stereocenters. The van der Waals surface area contributed by atoms with Crippen molar-refractivity contribution in [1.29, 1.82) is 0 Å². The molecule has 0 atom stereocenters. The number of pyridine rings is 2. The maximum absolute atomic E-state index is 13.4. The Labute approximate surface area is 168 Å². The first kappa shape index (κ1) is 18.1. The largest absolute Gasteiger partial charge is 0.491 e. The molecule has 7 nitrogen and oxygen atoms in total. The number of hydrogen-bond acceptors (Lipinski definition) is 6. The van der Waals surface area contributed by atoms with Crippen LogP contribution in [-0.4, -0.2) is 72.7 Å². The summed E-state index contributed by atoms with van der Waals surface area (Å²) in [6.45, 7) is 5.33. The highest BCUT2D eigenvalue weighted by Crippen LogP contribution is 2.37. The number of rotatable bonds is 5. The van der Waals surface area contributed by atoms with E-state index >= 15 is 0 Å². The second kappa shape index (κ2) is 7.17. The van der Waals surface area contributed by atoms with Crippen molar-refractivity contribution in [3.05, 3.63) is 46.9 Å². The molecule has 3 aromatic heterocycles. The van der Waals surface area contributed by atoms with E-state index in [0.29, 0.717) is 17.9 Å². The van der Waals surface area contributed by atoms with E-state index in [1.165, 1.54) is 0 Å². The number of aromatic nitrogens is 2. The van der Waals surface area contributed by atoms with Crippen LogP contribution in [0.4, 0.5) is 0 Å². The minimum atomic E-state index is -0.202. The predicted octanol–water partition coefficient (Wildman–Crippen LogP) is 2.07. The zero-order chi connectivity index (χ0) is 20.0. The van der Waals surface area contributed by atoms with Gasteiger partial charge < -0.3 is 14.4 Å². The number of ether oxygens (including phenoxy) is 2. The van der Waals surface area contributed by atoms with Crippen LogP contribution in [0.1, 0.15) is 0 Å². The number of fused-ring (bicyclic) bond motifs is 3. The number of hydrogen-bond donors (Lipinski definition) is 0. The molecule has 1 aromatic carbocycles. The molecular formula is C22H24N4O3. The van der Waals surface area contributed by atoms with E-state index in [0.717, 1.165) is 54.5 Å². The zero-order valence-electron chi connectivity index (χ0n) is 16.7. The van der Waals surface area contributed by atoms with Crippen molar-refractivity contribution in [3.8, 4) is 11.5 Å². The summed E-state index contributed by atoms with van der Waals surface area (Å²) >= 11 is 0. The Hall–Kier alpha value is -2.90. The number of para-hydroxylation sites is 1. The Kier molecular flexibility index (Phi) is 4.49.